The van der Waals surface area contributed by atoms with Crippen LogP contribution in [0.3, 0.4) is 0 Å². The molecule has 8 aromatic heterocycles. The highest BCUT2D eigenvalue weighted by molar-refractivity contribution is 5.62. The maximum atomic E-state index is 4.68. The van der Waals surface area contributed by atoms with E-state index in [-0.39, 0.29) is 0 Å². The lowest BCUT2D eigenvalue weighted by Crippen LogP contribution is -2.33. The molecule has 16 bridgehead atoms. The lowest BCUT2D eigenvalue weighted by atomic mass is 10.1. The van der Waals surface area contributed by atoms with Gasteiger partial charge in [0.05, 0.1) is 22.8 Å². The minimum absolute atomic E-state index is 0.738. The van der Waals surface area contributed by atoms with Crippen LogP contribution in [0, 0.1) is 0 Å². The zero-order valence-electron chi connectivity index (χ0n) is 28.6. The first-order valence-electron chi connectivity index (χ1n) is 17.4. The van der Waals surface area contributed by atoms with Gasteiger partial charge in [0.25, 0.3) is 0 Å². The van der Waals surface area contributed by atoms with Gasteiger partial charge in [-0.1, -0.05) is 0 Å². The van der Waals surface area contributed by atoms with Crippen molar-refractivity contribution >= 4 is 0 Å². The van der Waals surface area contributed by atoms with E-state index in [0.29, 0.717) is 0 Å². The monoisotopic (exact) mass is 676 g/mol. The van der Waals surface area contributed by atoms with Crippen molar-refractivity contribution in [1.82, 2.24) is 19.9 Å². The fraction of sp³-hybridized carbons (Fsp3) is 0.0909. The van der Waals surface area contributed by atoms with Crippen LogP contribution >= 0.6 is 0 Å². The van der Waals surface area contributed by atoms with Crippen molar-refractivity contribution in [3.8, 4) is 45.0 Å². The van der Waals surface area contributed by atoms with E-state index < -0.39 is 0 Å². The SMILES string of the molecule is c1cc2cc(n1)-c1cc(ccn1)C[n+]1ccc(cc1)-c1cc[n+](cc1)Cc1ccnc(c1)-c1cc(ccn1)C[n+]1ccc(cc1)-c1cc[n+](cc1)C2. The first kappa shape index (κ1) is 31.2. The van der Waals surface area contributed by atoms with Crippen LogP contribution < -0.4 is 18.3 Å². The molecular formula is C44H36N8+4. The molecule has 52 heavy (non-hydrogen) atoms. The Morgan fingerprint density at radius 3 is 0.712 bits per heavy atom. The second kappa shape index (κ2) is 13.8. The lowest BCUT2D eigenvalue weighted by Gasteiger charge is -2.06. The zero-order valence-corrected chi connectivity index (χ0v) is 28.6. The molecule has 0 saturated heterocycles. The molecule has 7 aliphatic heterocycles. The Balaban J connectivity index is 1.05. The molecule has 0 amide bonds. The van der Waals surface area contributed by atoms with Crippen molar-refractivity contribution in [3.05, 3.63) is 194 Å². The van der Waals surface area contributed by atoms with E-state index in [1.807, 2.05) is 24.8 Å². The van der Waals surface area contributed by atoms with E-state index in [0.717, 1.165) is 49.0 Å². The summed E-state index contributed by atoms with van der Waals surface area (Å²) >= 11 is 0. The minimum atomic E-state index is 0.738. The molecule has 0 radical (unpaired) electrons. The van der Waals surface area contributed by atoms with Crippen LogP contribution in [0.25, 0.3) is 45.0 Å². The Bertz CT molecular complexity index is 2140. The molecule has 0 saturated carbocycles. The van der Waals surface area contributed by atoms with E-state index in [9.17, 15) is 0 Å². The van der Waals surface area contributed by atoms with Crippen LogP contribution in [0.1, 0.15) is 22.3 Å². The second-order valence-corrected chi connectivity index (χ2v) is 13.2. The van der Waals surface area contributed by atoms with E-state index in [1.54, 1.807) is 0 Å². The maximum Gasteiger partial charge on any atom is 0.173 e. The van der Waals surface area contributed by atoms with Gasteiger partial charge in [0.15, 0.2) is 75.8 Å². The predicted octanol–water partition coefficient (Wildman–Crippen LogP) is 5.59. The average Bonchev–Trinajstić information content (AvgIpc) is 3.19. The van der Waals surface area contributed by atoms with Crippen LogP contribution in [0.2, 0.25) is 0 Å². The van der Waals surface area contributed by atoms with Crippen molar-refractivity contribution in [2.45, 2.75) is 26.2 Å². The standard InChI is InChI=1S/C44H36N8/c1-13-45-41-25-33(1)29-49-17-5-37(6-18-49)38-7-19-51(20-8-38)31-35-3-15-47-43(27-35)44-28-36(4-16-48-44)32-52-23-11-40(12-24-52)39-9-21-50(22-10-39)30-34-2-14-46-42(41)26-34/h1-28H,29-32H2/q+4. The smallest absolute Gasteiger partial charge is 0.173 e. The minimum Gasteiger partial charge on any atom is -0.255 e. The van der Waals surface area contributed by atoms with Gasteiger partial charge in [-0.2, -0.15) is 0 Å². The summed E-state index contributed by atoms with van der Waals surface area (Å²) in [6.45, 7) is 2.95. The molecule has 0 spiro atoms. The van der Waals surface area contributed by atoms with Crippen LogP contribution in [0.5, 0.6) is 0 Å². The quantitative estimate of drug-likeness (QED) is 0.197. The van der Waals surface area contributed by atoms with E-state index in [2.05, 4.69) is 185 Å². The largest absolute Gasteiger partial charge is 0.255 e. The lowest BCUT2D eigenvalue weighted by molar-refractivity contribution is -0.688. The molecule has 0 N–H and O–H groups in total. The fourth-order valence-electron chi connectivity index (χ4n) is 6.71. The molecule has 8 heteroatoms. The summed E-state index contributed by atoms with van der Waals surface area (Å²) in [5.74, 6) is 0. The summed E-state index contributed by atoms with van der Waals surface area (Å²) in [4.78, 5) is 18.7. The summed E-state index contributed by atoms with van der Waals surface area (Å²) < 4.78 is 8.77. The summed E-state index contributed by atoms with van der Waals surface area (Å²) in [6.07, 6.45) is 24.6. The van der Waals surface area contributed by atoms with Gasteiger partial charge in [0.2, 0.25) is 0 Å². The first-order chi connectivity index (χ1) is 25.7. The fourth-order valence-corrected chi connectivity index (χ4v) is 6.71. The Hall–Kier alpha value is -6.80. The molecule has 0 aromatic carbocycles. The molecule has 0 unspecified atom stereocenters. The third-order valence-electron chi connectivity index (χ3n) is 9.51. The zero-order chi connectivity index (χ0) is 34.7. The van der Waals surface area contributed by atoms with Crippen LogP contribution in [0.15, 0.2) is 171 Å². The van der Waals surface area contributed by atoms with Gasteiger partial charge in [0, 0.05) is 95.6 Å². The summed E-state index contributed by atoms with van der Waals surface area (Å²) in [6, 6.07) is 34.2. The highest BCUT2D eigenvalue weighted by Gasteiger charge is 2.14. The molecule has 0 aliphatic carbocycles. The molecular weight excluding hydrogens is 641 g/mol. The van der Waals surface area contributed by atoms with Crippen molar-refractivity contribution in [2.24, 2.45) is 0 Å². The van der Waals surface area contributed by atoms with Crippen LogP contribution in [-0.4, -0.2) is 19.9 Å². The third kappa shape index (κ3) is 6.95. The van der Waals surface area contributed by atoms with Gasteiger partial charge < -0.3 is 0 Å². The number of nitrogens with zero attached hydrogens (tertiary/aromatic N) is 8. The van der Waals surface area contributed by atoms with Crippen molar-refractivity contribution in [2.75, 3.05) is 0 Å². The highest BCUT2D eigenvalue weighted by atomic mass is 14.9. The molecule has 8 aromatic rings. The van der Waals surface area contributed by atoms with E-state index in [4.69, 9.17) is 0 Å². The van der Waals surface area contributed by atoms with Crippen molar-refractivity contribution in [3.63, 3.8) is 0 Å². The van der Waals surface area contributed by atoms with E-state index >= 15 is 0 Å². The number of hydrogen-bond acceptors (Lipinski definition) is 4. The number of aromatic nitrogens is 8. The Morgan fingerprint density at radius 1 is 0.288 bits per heavy atom. The topological polar surface area (TPSA) is 67.1 Å². The summed E-state index contributed by atoms with van der Waals surface area (Å²) in [7, 11) is 0. The Labute approximate surface area is 302 Å². The Morgan fingerprint density at radius 2 is 0.500 bits per heavy atom. The van der Waals surface area contributed by atoms with Crippen LogP contribution in [-0.2, 0) is 26.2 Å². The first-order valence-corrected chi connectivity index (χ1v) is 17.4. The molecule has 0 atom stereocenters. The normalized spacial score (nSPS) is 12.3. The number of pyridine rings is 8. The van der Waals surface area contributed by atoms with Crippen molar-refractivity contribution < 1.29 is 18.3 Å². The summed E-state index contributed by atoms with van der Waals surface area (Å²) in [5.41, 5.74) is 12.8. The van der Waals surface area contributed by atoms with Crippen molar-refractivity contribution in [1.29, 1.82) is 0 Å². The van der Waals surface area contributed by atoms with Gasteiger partial charge in [-0.25, -0.2) is 18.3 Å². The molecule has 248 valence electrons. The molecule has 7 aliphatic rings. The van der Waals surface area contributed by atoms with E-state index in [1.165, 1.54) is 44.5 Å². The molecule has 0 fully saturated rings. The number of rotatable bonds is 0. The predicted molar refractivity (Wildman–Crippen MR) is 196 cm³/mol. The second-order valence-electron chi connectivity index (χ2n) is 13.2. The third-order valence-corrected chi connectivity index (χ3v) is 9.51. The van der Waals surface area contributed by atoms with Gasteiger partial charge >= 0.3 is 0 Å². The average molecular weight is 677 g/mol. The van der Waals surface area contributed by atoms with Gasteiger partial charge in [-0.15, -0.1) is 0 Å². The highest BCUT2D eigenvalue weighted by Crippen LogP contribution is 2.21. The summed E-state index contributed by atoms with van der Waals surface area (Å²) in [5, 5.41) is 0. The number of hydrogen-bond donors (Lipinski definition) is 0. The van der Waals surface area contributed by atoms with Gasteiger partial charge in [-0.05, 0) is 70.8 Å². The van der Waals surface area contributed by atoms with Gasteiger partial charge in [-0.3, -0.25) is 19.9 Å². The van der Waals surface area contributed by atoms with Crippen LogP contribution in [0.4, 0.5) is 0 Å². The maximum absolute atomic E-state index is 4.68. The van der Waals surface area contributed by atoms with Gasteiger partial charge in [0.1, 0.15) is 0 Å². The Kier molecular flexibility index (Phi) is 8.30. The molecule has 8 nitrogen and oxygen atoms in total. The molecule has 15 rings (SSSR count). The molecule has 15 heterocycles.